The first kappa shape index (κ1) is 16.9. The summed E-state index contributed by atoms with van der Waals surface area (Å²) in [6, 6.07) is 13.8. The average molecular weight is 351 g/mol. The molecule has 1 aromatic heterocycles. The molecule has 0 bridgehead atoms. The molecular weight excluding hydrogens is 326 g/mol. The Hall–Kier alpha value is -2.56. The van der Waals surface area contributed by atoms with Crippen LogP contribution in [0.25, 0.3) is 0 Å². The van der Waals surface area contributed by atoms with Gasteiger partial charge < -0.3 is 14.8 Å². The fourth-order valence-electron chi connectivity index (χ4n) is 4.40. The van der Waals surface area contributed by atoms with Crippen LogP contribution in [0.15, 0.2) is 48.7 Å². The largest absolute Gasteiger partial charge is 0.357 e. The molecule has 26 heavy (non-hydrogen) atoms. The summed E-state index contributed by atoms with van der Waals surface area (Å²) in [5.41, 5.74) is 1.84. The quantitative estimate of drug-likeness (QED) is 0.924. The van der Waals surface area contributed by atoms with Gasteiger partial charge in [-0.1, -0.05) is 30.3 Å². The van der Waals surface area contributed by atoms with Gasteiger partial charge in [-0.3, -0.25) is 9.59 Å². The second-order valence-corrected chi connectivity index (χ2v) is 7.65. The van der Waals surface area contributed by atoms with Crippen LogP contribution in [-0.2, 0) is 11.3 Å². The zero-order valence-corrected chi connectivity index (χ0v) is 15.0. The third-order valence-corrected chi connectivity index (χ3v) is 5.74. The van der Waals surface area contributed by atoms with E-state index >= 15 is 0 Å². The van der Waals surface area contributed by atoms with Gasteiger partial charge in [-0.15, -0.1) is 0 Å². The second-order valence-electron chi connectivity index (χ2n) is 7.65. The van der Waals surface area contributed by atoms with Crippen LogP contribution in [0.2, 0.25) is 0 Å². The summed E-state index contributed by atoms with van der Waals surface area (Å²) in [5.74, 6) is 0.299. The number of aromatic amines is 1. The lowest BCUT2D eigenvalue weighted by atomic mass is 9.73. The maximum atomic E-state index is 12.7. The Morgan fingerprint density at radius 3 is 2.69 bits per heavy atom. The predicted octanol–water partition coefficient (Wildman–Crippen LogP) is 3.06. The van der Waals surface area contributed by atoms with Gasteiger partial charge in [0.05, 0.1) is 0 Å². The first-order valence-corrected chi connectivity index (χ1v) is 9.40. The molecule has 1 atom stereocenters. The highest BCUT2D eigenvalue weighted by atomic mass is 16.2. The zero-order chi connectivity index (χ0) is 18.0. The SMILES string of the molecule is O=C1CC[C@@]2(CCCN(C(=O)c3ccc[nH]3)C2)CN1Cc1ccccc1. The smallest absolute Gasteiger partial charge is 0.270 e. The van der Waals surface area contributed by atoms with Crippen molar-refractivity contribution in [1.29, 1.82) is 0 Å². The van der Waals surface area contributed by atoms with Crippen LogP contribution in [0.4, 0.5) is 0 Å². The molecule has 4 rings (SSSR count). The highest BCUT2D eigenvalue weighted by Gasteiger charge is 2.42. The van der Waals surface area contributed by atoms with Gasteiger partial charge in [-0.25, -0.2) is 0 Å². The minimum atomic E-state index is 0.0309. The van der Waals surface area contributed by atoms with Crippen LogP contribution < -0.4 is 0 Å². The molecule has 2 aromatic rings. The number of carbonyl (C=O) groups is 2. The minimum absolute atomic E-state index is 0.0309. The molecule has 1 N–H and O–H groups in total. The number of benzene rings is 1. The van der Waals surface area contributed by atoms with Crippen LogP contribution in [0.5, 0.6) is 0 Å². The number of likely N-dealkylation sites (tertiary alicyclic amines) is 2. The number of carbonyl (C=O) groups excluding carboxylic acids is 2. The third-order valence-electron chi connectivity index (χ3n) is 5.74. The molecule has 136 valence electrons. The molecule has 0 radical (unpaired) electrons. The summed E-state index contributed by atoms with van der Waals surface area (Å²) in [6.07, 6.45) is 5.33. The lowest BCUT2D eigenvalue weighted by Crippen LogP contribution is -2.54. The van der Waals surface area contributed by atoms with Crippen molar-refractivity contribution < 1.29 is 9.59 Å². The van der Waals surface area contributed by atoms with Gasteiger partial charge in [-0.2, -0.15) is 0 Å². The van der Waals surface area contributed by atoms with Crippen LogP contribution in [0, 0.1) is 5.41 Å². The number of piperidine rings is 2. The number of amides is 2. The molecule has 2 aliphatic heterocycles. The number of hydrogen-bond acceptors (Lipinski definition) is 2. The van der Waals surface area contributed by atoms with E-state index < -0.39 is 0 Å². The van der Waals surface area contributed by atoms with Gasteiger partial charge in [0.2, 0.25) is 5.91 Å². The van der Waals surface area contributed by atoms with E-state index in [-0.39, 0.29) is 17.2 Å². The molecule has 5 heteroatoms. The molecule has 0 aliphatic carbocycles. The van der Waals surface area contributed by atoms with Crippen molar-refractivity contribution in [2.24, 2.45) is 5.41 Å². The predicted molar refractivity (Wildman–Crippen MR) is 99.5 cm³/mol. The highest BCUT2D eigenvalue weighted by molar-refractivity contribution is 5.92. The molecule has 2 amide bonds. The van der Waals surface area contributed by atoms with Gasteiger partial charge in [0, 0.05) is 44.2 Å². The standard InChI is InChI=1S/C21H25N3O2/c25-19-9-11-21(16-24(19)14-17-6-2-1-3-7-17)10-5-13-23(15-21)20(26)18-8-4-12-22-18/h1-4,6-8,12,22H,5,9-11,13-16H2/t21-/m1/s1. The Morgan fingerprint density at radius 2 is 1.92 bits per heavy atom. The lowest BCUT2D eigenvalue weighted by molar-refractivity contribution is -0.139. The van der Waals surface area contributed by atoms with E-state index in [1.807, 2.05) is 40.1 Å². The number of hydrogen-bond donors (Lipinski definition) is 1. The molecule has 0 saturated carbocycles. The Bertz CT molecular complexity index is 772. The second kappa shape index (κ2) is 6.98. The number of nitrogens with zero attached hydrogens (tertiary/aromatic N) is 2. The molecule has 0 unspecified atom stereocenters. The number of H-pyrrole nitrogens is 1. The Balaban J connectivity index is 1.48. The molecule has 2 aliphatic rings. The van der Waals surface area contributed by atoms with E-state index in [4.69, 9.17) is 0 Å². The summed E-state index contributed by atoms with van der Waals surface area (Å²) in [7, 11) is 0. The highest BCUT2D eigenvalue weighted by Crippen LogP contribution is 2.39. The van der Waals surface area contributed by atoms with Crippen molar-refractivity contribution >= 4 is 11.8 Å². The molecule has 5 nitrogen and oxygen atoms in total. The van der Waals surface area contributed by atoms with Gasteiger partial charge in [-0.05, 0) is 37.0 Å². The van der Waals surface area contributed by atoms with Crippen LogP contribution >= 0.6 is 0 Å². The van der Waals surface area contributed by atoms with E-state index in [9.17, 15) is 9.59 Å². The molecular formula is C21H25N3O2. The van der Waals surface area contributed by atoms with E-state index in [0.717, 1.165) is 44.5 Å². The lowest BCUT2D eigenvalue weighted by Gasteiger charge is -2.48. The Kier molecular flexibility index (Phi) is 4.53. The van der Waals surface area contributed by atoms with Crippen LogP contribution in [-0.4, -0.2) is 46.2 Å². The number of rotatable bonds is 3. The van der Waals surface area contributed by atoms with Gasteiger partial charge in [0.25, 0.3) is 5.91 Å². The van der Waals surface area contributed by atoms with Gasteiger partial charge in [0.1, 0.15) is 5.69 Å². The van der Waals surface area contributed by atoms with Crippen molar-refractivity contribution in [3.8, 4) is 0 Å². The normalized spacial score (nSPS) is 23.5. The van der Waals surface area contributed by atoms with E-state index in [0.29, 0.717) is 18.7 Å². The summed E-state index contributed by atoms with van der Waals surface area (Å²) < 4.78 is 0. The summed E-state index contributed by atoms with van der Waals surface area (Å²) >= 11 is 0. The zero-order valence-electron chi connectivity index (χ0n) is 15.0. The van der Waals surface area contributed by atoms with Crippen molar-refractivity contribution in [2.75, 3.05) is 19.6 Å². The summed E-state index contributed by atoms with van der Waals surface area (Å²) in [4.78, 5) is 32.2. The van der Waals surface area contributed by atoms with E-state index in [1.165, 1.54) is 0 Å². The maximum Gasteiger partial charge on any atom is 0.270 e. The minimum Gasteiger partial charge on any atom is -0.357 e. The molecule has 3 heterocycles. The molecule has 1 spiro atoms. The van der Waals surface area contributed by atoms with E-state index in [1.54, 1.807) is 6.20 Å². The van der Waals surface area contributed by atoms with Crippen molar-refractivity contribution in [3.05, 3.63) is 59.9 Å². The Morgan fingerprint density at radius 1 is 1.08 bits per heavy atom. The topological polar surface area (TPSA) is 56.4 Å². The summed E-state index contributed by atoms with van der Waals surface area (Å²) in [6.45, 7) is 2.94. The number of aromatic nitrogens is 1. The van der Waals surface area contributed by atoms with Crippen molar-refractivity contribution in [1.82, 2.24) is 14.8 Å². The van der Waals surface area contributed by atoms with Crippen molar-refractivity contribution in [3.63, 3.8) is 0 Å². The van der Waals surface area contributed by atoms with E-state index in [2.05, 4.69) is 17.1 Å². The fourth-order valence-corrected chi connectivity index (χ4v) is 4.40. The first-order chi connectivity index (χ1) is 12.7. The fraction of sp³-hybridized carbons (Fsp3) is 0.429. The average Bonchev–Trinajstić information content (AvgIpc) is 3.20. The molecule has 2 saturated heterocycles. The van der Waals surface area contributed by atoms with Gasteiger partial charge >= 0.3 is 0 Å². The third kappa shape index (κ3) is 3.39. The maximum absolute atomic E-state index is 12.7. The summed E-state index contributed by atoms with van der Waals surface area (Å²) in [5, 5.41) is 0. The van der Waals surface area contributed by atoms with Crippen LogP contribution in [0.3, 0.4) is 0 Å². The van der Waals surface area contributed by atoms with Gasteiger partial charge in [0.15, 0.2) is 0 Å². The van der Waals surface area contributed by atoms with Crippen molar-refractivity contribution in [2.45, 2.75) is 32.2 Å². The Labute approximate surface area is 154 Å². The monoisotopic (exact) mass is 351 g/mol. The first-order valence-electron chi connectivity index (χ1n) is 9.40. The molecule has 2 fully saturated rings. The van der Waals surface area contributed by atoms with Crippen LogP contribution in [0.1, 0.15) is 41.7 Å². The number of nitrogens with one attached hydrogen (secondary N) is 1. The molecule has 1 aromatic carbocycles.